The molecule has 0 saturated carbocycles. The first-order chi connectivity index (χ1) is 9.15. The van der Waals surface area contributed by atoms with Gasteiger partial charge in [0, 0.05) is 18.5 Å². The summed E-state index contributed by atoms with van der Waals surface area (Å²) in [7, 11) is 0. The molecule has 2 amide bonds. The predicted molar refractivity (Wildman–Crippen MR) is 65.1 cm³/mol. The van der Waals surface area contributed by atoms with Crippen LogP contribution in [-0.2, 0) is 16.0 Å². The SMILES string of the molecule is CC(Cc1ccco1)NC(=O)C(=O)Nc1ccon1. The summed E-state index contributed by atoms with van der Waals surface area (Å²) in [6.45, 7) is 1.78. The van der Waals surface area contributed by atoms with E-state index < -0.39 is 11.8 Å². The number of carbonyl (C=O) groups excluding carboxylic acids is 2. The van der Waals surface area contributed by atoms with Crippen molar-refractivity contribution >= 4 is 17.6 Å². The van der Waals surface area contributed by atoms with E-state index in [-0.39, 0.29) is 11.9 Å². The van der Waals surface area contributed by atoms with Gasteiger partial charge in [-0.15, -0.1) is 0 Å². The van der Waals surface area contributed by atoms with E-state index in [1.54, 1.807) is 25.3 Å². The summed E-state index contributed by atoms with van der Waals surface area (Å²) in [5.74, 6) is -0.592. The van der Waals surface area contributed by atoms with E-state index in [2.05, 4.69) is 20.3 Å². The fourth-order valence-electron chi connectivity index (χ4n) is 1.52. The summed E-state index contributed by atoms with van der Waals surface area (Å²) in [5, 5.41) is 8.34. The van der Waals surface area contributed by atoms with Crippen LogP contribution in [0.4, 0.5) is 5.82 Å². The maximum Gasteiger partial charge on any atom is 0.314 e. The molecule has 2 heterocycles. The molecule has 7 nitrogen and oxygen atoms in total. The third kappa shape index (κ3) is 3.70. The van der Waals surface area contributed by atoms with E-state index in [0.29, 0.717) is 6.42 Å². The third-order valence-corrected chi connectivity index (χ3v) is 2.35. The van der Waals surface area contributed by atoms with Gasteiger partial charge in [-0.2, -0.15) is 0 Å². The van der Waals surface area contributed by atoms with Crippen LogP contribution < -0.4 is 10.6 Å². The van der Waals surface area contributed by atoms with Gasteiger partial charge in [0.25, 0.3) is 0 Å². The fraction of sp³-hybridized carbons (Fsp3) is 0.250. The van der Waals surface area contributed by atoms with Gasteiger partial charge in [-0.05, 0) is 19.1 Å². The number of hydrogen-bond donors (Lipinski definition) is 2. The molecule has 0 aliphatic rings. The number of rotatable bonds is 4. The van der Waals surface area contributed by atoms with Gasteiger partial charge in [0.15, 0.2) is 5.82 Å². The molecule has 1 unspecified atom stereocenters. The normalized spacial score (nSPS) is 11.8. The average molecular weight is 263 g/mol. The van der Waals surface area contributed by atoms with Gasteiger partial charge in [0.1, 0.15) is 12.0 Å². The van der Waals surface area contributed by atoms with E-state index in [1.807, 2.05) is 0 Å². The van der Waals surface area contributed by atoms with Crippen molar-refractivity contribution in [2.24, 2.45) is 0 Å². The minimum atomic E-state index is -0.791. The maximum absolute atomic E-state index is 11.6. The molecule has 0 aromatic carbocycles. The molecule has 0 aliphatic carbocycles. The molecule has 1 atom stereocenters. The van der Waals surface area contributed by atoms with Gasteiger partial charge in [-0.25, -0.2) is 0 Å². The van der Waals surface area contributed by atoms with Crippen LogP contribution in [0.25, 0.3) is 0 Å². The van der Waals surface area contributed by atoms with Crippen molar-refractivity contribution < 1.29 is 18.5 Å². The lowest BCUT2D eigenvalue weighted by Gasteiger charge is -2.11. The molecule has 0 bridgehead atoms. The topological polar surface area (TPSA) is 97.4 Å². The minimum absolute atomic E-state index is 0.193. The monoisotopic (exact) mass is 263 g/mol. The lowest BCUT2D eigenvalue weighted by Crippen LogP contribution is -2.41. The summed E-state index contributed by atoms with van der Waals surface area (Å²) in [4.78, 5) is 23.1. The van der Waals surface area contributed by atoms with E-state index >= 15 is 0 Å². The summed E-state index contributed by atoms with van der Waals surface area (Å²) >= 11 is 0. The summed E-state index contributed by atoms with van der Waals surface area (Å²) in [6, 6.07) is 4.79. The first-order valence-electron chi connectivity index (χ1n) is 5.70. The van der Waals surface area contributed by atoms with Crippen LogP contribution in [0.15, 0.2) is 39.7 Å². The summed E-state index contributed by atoms with van der Waals surface area (Å²) in [6.07, 6.45) is 3.37. The second-order valence-corrected chi connectivity index (χ2v) is 4.00. The highest BCUT2D eigenvalue weighted by molar-refractivity contribution is 6.39. The molecule has 100 valence electrons. The zero-order valence-electron chi connectivity index (χ0n) is 10.3. The number of furan rings is 1. The standard InChI is InChI=1S/C12H13N3O4/c1-8(7-9-3-2-5-18-9)13-11(16)12(17)14-10-4-6-19-15-10/h2-6,8H,7H2,1H3,(H,13,16)(H,14,15,17). The average Bonchev–Trinajstić information content (AvgIpc) is 3.01. The molecule has 0 saturated heterocycles. The Labute approximate surface area is 108 Å². The Kier molecular flexibility index (Phi) is 3.97. The molecule has 0 fully saturated rings. The number of aromatic nitrogens is 1. The van der Waals surface area contributed by atoms with E-state index in [4.69, 9.17) is 4.42 Å². The van der Waals surface area contributed by atoms with Gasteiger partial charge in [-0.1, -0.05) is 5.16 Å². The number of nitrogens with zero attached hydrogens (tertiary/aromatic N) is 1. The van der Waals surface area contributed by atoms with Crippen LogP contribution in [0.5, 0.6) is 0 Å². The third-order valence-electron chi connectivity index (χ3n) is 2.35. The van der Waals surface area contributed by atoms with Crippen LogP contribution in [0.1, 0.15) is 12.7 Å². The molecule has 0 spiro atoms. The summed E-state index contributed by atoms with van der Waals surface area (Å²) < 4.78 is 9.69. The second kappa shape index (κ2) is 5.85. The minimum Gasteiger partial charge on any atom is -0.469 e. The molecule has 2 aromatic heterocycles. The number of nitrogens with one attached hydrogen (secondary N) is 2. The van der Waals surface area contributed by atoms with Crippen molar-refractivity contribution in [3.05, 3.63) is 36.5 Å². The number of hydrogen-bond acceptors (Lipinski definition) is 5. The molecule has 0 aliphatic heterocycles. The quantitative estimate of drug-likeness (QED) is 0.800. The van der Waals surface area contributed by atoms with Crippen LogP contribution >= 0.6 is 0 Å². The van der Waals surface area contributed by atoms with Crippen molar-refractivity contribution in [3.8, 4) is 0 Å². The van der Waals surface area contributed by atoms with Crippen molar-refractivity contribution in [3.63, 3.8) is 0 Å². The van der Waals surface area contributed by atoms with Gasteiger partial charge < -0.3 is 14.3 Å². The molecule has 19 heavy (non-hydrogen) atoms. The lowest BCUT2D eigenvalue weighted by molar-refractivity contribution is -0.136. The first kappa shape index (κ1) is 12.9. The van der Waals surface area contributed by atoms with E-state index in [9.17, 15) is 9.59 Å². The largest absolute Gasteiger partial charge is 0.469 e. The van der Waals surface area contributed by atoms with E-state index in [0.717, 1.165) is 5.76 Å². The molecular formula is C12H13N3O4. The Bertz CT molecular complexity index is 533. The number of amides is 2. The van der Waals surface area contributed by atoms with Crippen molar-refractivity contribution in [1.82, 2.24) is 10.5 Å². The molecular weight excluding hydrogens is 250 g/mol. The van der Waals surface area contributed by atoms with Gasteiger partial charge in [0.05, 0.1) is 6.26 Å². The molecule has 0 radical (unpaired) electrons. The fourth-order valence-corrected chi connectivity index (χ4v) is 1.52. The van der Waals surface area contributed by atoms with Crippen LogP contribution in [0.2, 0.25) is 0 Å². The van der Waals surface area contributed by atoms with Crippen LogP contribution in [0, 0.1) is 0 Å². The Hall–Kier alpha value is -2.57. The van der Waals surface area contributed by atoms with Crippen LogP contribution in [-0.4, -0.2) is 23.0 Å². The molecule has 2 aromatic rings. The van der Waals surface area contributed by atoms with Gasteiger partial charge in [-0.3, -0.25) is 14.9 Å². The Balaban J connectivity index is 1.81. The number of carbonyl (C=O) groups is 2. The van der Waals surface area contributed by atoms with Gasteiger partial charge in [0.2, 0.25) is 0 Å². The maximum atomic E-state index is 11.6. The zero-order valence-corrected chi connectivity index (χ0v) is 10.3. The highest BCUT2D eigenvalue weighted by Gasteiger charge is 2.17. The van der Waals surface area contributed by atoms with Gasteiger partial charge >= 0.3 is 11.8 Å². The van der Waals surface area contributed by atoms with Crippen molar-refractivity contribution in [2.75, 3.05) is 5.32 Å². The first-order valence-corrected chi connectivity index (χ1v) is 5.70. The second-order valence-electron chi connectivity index (χ2n) is 4.00. The zero-order chi connectivity index (χ0) is 13.7. The Morgan fingerprint density at radius 1 is 1.32 bits per heavy atom. The van der Waals surface area contributed by atoms with Crippen molar-refractivity contribution in [2.45, 2.75) is 19.4 Å². The number of anilines is 1. The smallest absolute Gasteiger partial charge is 0.314 e. The molecule has 2 rings (SSSR count). The van der Waals surface area contributed by atoms with Crippen LogP contribution in [0.3, 0.4) is 0 Å². The predicted octanol–water partition coefficient (Wildman–Crippen LogP) is 0.953. The highest BCUT2D eigenvalue weighted by atomic mass is 16.5. The Morgan fingerprint density at radius 2 is 2.16 bits per heavy atom. The van der Waals surface area contributed by atoms with Crippen molar-refractivity contribution in [1.29, 1.82) is 0 Å². The summed E-state index contributed by atoms with van der Waals surface area (Å²) in [5.41, 5.74) is 0. The molecule has 7 heteroatoms. The highest BCUT2D eigenvalue weighted by Crippen LogP contribution is 2.04. The Morgan fingerprint density at radius 3 is 2.79 bits per heavy atom. The molecule has 2 N–H and O–H groups in total. The lowest BCUT2D eigenvalue weighted by atomic mass is 10.2. The van der Waals surface area contributed by atoms with E-state index in [1.165, 1.54) is 12.3 Å².